The lowest BCUT2D eigenvalue weighted by atomic mass is 10.1. The van der Waals surface area contributed by atoms with E-state index in [0.717, 1.165) is 6.42 Å². The molecule has 0 bridgehead atoms. The highest BCUT2D eigenvalue weighted by atomic mass is 32.1. The van der Waals surface area contributed by atoms with Crippen LogP contribution in [0.3, 0.4) is 0 Å². The summed E-state index contributed by atoms with van der Waals surface area (Å²) in [6.45, 7) is 2.28. The van der Waals surface area contributed by atoms with Crippen LogP contribution in [0.5, 0.6) is 0 Å². The van der Waals surface area contributed by atoms with Crippen molar-refractivity contribution < 1.29 is 9.31 Å². The van der Waals surface area contributed by atoms with Crippen LogP contribution in [0, 0.1) is 15.9 Å². The van der Waals surface area contributed by atoms with Gasteiger partial charge in [0, 0.05) is 24.2 Å². The predicted molar refractivity (Wildman–Crippen MR) is 77.4 cm³/mol. The van der Waals surface area contributed by atoms with Crippen LogP contribution >= 0.6 is 11.3 Å². The Morgan fingerprint density at radius 3 is 2.90 bits per heavy atom. The second kappa shape index (κ2) is 6.58. The topological polar surface area (TPSA) is 55.2 Å². The first-order valence-electron chi connectivity index (χ1n) is 6.24. The number of halogens is 1. The molecule has 2 aromatic rings. The van der Waals surface area contributed by atoms with Crippen LogP contribution in [0.25, 0.3) is 0 Å². The maximum absolute atomic E-state index is 13.9. The number of benzene rings is 1. The van der Waals surface area contributed by atoms with E-state index < -0.39 is 16.4 Å². The van der Waals surface area contributed by atoms with Crippen molar-refractivity contribution in [3.63, 3.8) is 0 Å². The van der Waals surface area contributed by atoms with Gasteiger partial charge in [0.15, 0.2) is 0 Å². The van der Waals surface area contributed by atoms with Gasteiger partial charge < -0.3 is 5.32 Å². The van der Waals surface area contributed by atoms with Crippen molar-refractivity contribution in [2.45, 2.75) is 25.9 Å². The van der Waals surface area contributed by atoms with Gasteiger partial charge in [0.1, 0.15) is 0 Å². The average molecular weight is 294 g/mol. The molecule has 1 heterocycles. The molecule has 0 saturated heterocycles. The van der Waals surface area contributed by atoms with Crippen molar-refractivity contribution >= 4 is 17.0 Å². The summed E-state index contributed by atoms with van der Waals surface area (Å²) in [7, 11) is 0. The van der Waals surface area contributed by atoms with E-state index in [-0.39, 0.29) is 12.6 Å². The maximum atomic E-state index is 13.9. The monoisotopic (exact) mass is 294 g/mol. The molecule has 1 atom stereocenters. The highest BCUT2D eigenvalue weighted by Crippen LogP contribution is 2.20. The lowest BCUT2D eigenvalue weighted by Crippen LogP contribution is -2.27. The summed E-state index contributed by atoms with van der Waals surface area (Å²) < 4.78 is 13.9. The third-order valence-corrected chi connectivity index (χ3v) is 3.75. The summed E-state index contributed by atoms with van der Waals surface area (Å²) in [5.41, 5.74) is 1.07. The zero-order valence-electron chi connectivity index (χ0n) is 11.0. The second-order valence-corrected chi connectivity index (χ2v) is 5.41. The van der Waals surface area contributed by atoms with Gasteiger partial charge in [-0.1, -0.05) is 12.1 Å². The Morgan fingerprint density at radius 2 is 2.25 bits per heavy atom. The van der Waals surface area contributed by atoms with Gasteiger partial charge in [-0.3, -0.25) is 10.1 Å². The standard InChI is InChI=1S/C14H15FN2O2S/c1-10(7-11-5-6-20-9-11)16-8-12-3-2-4-13(14(12)15)17(18)19/h2-6,9-10,16H,7-8H2,1H3. The normalized spacial score (nSPS) is 12.3. The zero-order valence-corrected chi connectivity index (χ0v) is 11.8. The summed E-state index contributed by atoms with van der Waals surface area (Å²) >= 11 is 1.64. The van der Waals surface area contributed by atoms with Crippen LogP contribution < -0.4 is 5.32 Å². The highest BCUT2D eigenvalue weighted by Gasteiger charge is 2.17. The number of hydrogen-bond acceptors (Lipinski definition) is 4. The fourth-order valence-electron chi connectivity index (χ4n) is 1.96. The minimum atomic E-state index is -0.757. The molecule has 0 amide bonds. The first-order valence-corrected chi connectivity index (χ1v) is 7.18. The van der Waals surface area contributed by atoms with Crippen LogP contribution in [-0.4, -0.2) is 11.0 Å². The molecule has 0 spiro atoms. The molecule has 1 aromatic heterocycles. The SMILES string of the molecule is CC(Cc1ccsc1)NCc1cccc([N+](=O)[O-])c1F. The smallest absolute Gasteiger partial charge is 0.305 e. The first kappa shape index (κ1) is 14.6. The van der Waals surface area contributed by atoms with Gasteiger partial charge in [0.25, 0.3) is 0 Å². The van der Waals surface area contributed by atoms with Gasteiger partial charge >= 0.3 is 5.69 Å². The minimum absolute atomic E-state index is 0.170. The van der Waals surface area contributed by atoms with Gasteiger partial charge in [0.2, 0.25) is 5.82 Å². The number of nitro groups is 1. The Balaban J connectivity index is 1.97. The van der Waals surface area contributed by atoms with Gasteiger partial charge in [-0.2, -0.15) is 15.7 Å². The Kier molecular flexibility index (Phi) is 4.81. The molecule has 1 N–H and O–H groups in total. The molecule has 0 saturated carbocycles. The summed E-state index contributed by atoms with van der Waals surface area (Å²) in [5, 5.41) is 17.9. The molecule has 1 unspecified atom stereocenters. The molecule has 2 rings (SSSR count). The van der Waals surface area contributed by atoms with E-state index in [1.165, 1.54) is 17.7 Å². The zero-order chi connectivity index (χ0) is 14.5. The van der Waals surface area contributed by atoms with Crippen molar-refractivity contribution in [3.8, 4) is 0 Å². The van der Waals surface area contributed by atoms with Crippen molar-refractivity contribution in [3.05, 3.63) is 62.1 Å². The number of thiophene rings is 1. The summed E-state index contributed by atoms with van der Waals surface area (Å²) in [5.74, 6) is -0.757. The summed E-state index contributed by atoms with van der Waals surface area (Å²) in [6, 6.07) is 6.46. The quantitative estimate of drug-likeness (QED) is 0.655. The molecule has 0 radical (unpaired) electrons. The molecule has 6 heteroatoms. The number of nitro benzene ring substituents is 1. The fourth-order valence-corrected chi connectivity index (χ4v) is 2.64. The van der Waals surface area contributed by atoms with Gasteiger partial charge in [-0.05, 0) is 35.7 Å². The lowest BCUT2D eigenvalue weighted by Gasteiger charge is -2.13. The minimum Gasteiger partial charge on any atom is -0.310 e. The van der Waals surface area contributed by atoms with E-state index in [2.05, 4.69) is 16.8 Å². The second-order valence-electron chi connectivity index (χ2n) is 4.63. The van der Waals surface area contributed by atoms with Crippen LogP contribution in [0.4, 0.5) is 10.1 Å². The van der Waals surface area contributed by atoms with E-state index in [9.17, 15) is 14.5 Å². The Bertz CT molecular complexity index is 587. The maximum Gasteiger partial charge on any atom is 0.305 e. The molecule has 0 aliphatic carbocycles. The average Bonchev–Trinajstić information content (AvgIpc) is 2.90. The lowest BCUT2D eigenvalue weighted by molar-refractivity contribution is -0.387. The Labute approximate surface area is 120 Å². The summed E-state index contributed by atoms with van der Waals surface area (Å²) in [6.07, 6.45) is 0.847. The van der Waals surface area contributed by atoms with Crippen molar-refractivity contribution in [2.75, 3.05) is 0 Å². The Hall–Kier alpha value is -1.79. The van der Waals surface area contributed by atoms with Crippen molar-refractivity contribution in [1.82, 2.24) is 5.32 Å². The number of nitrogens with zero attached hydrogens (tertiary/aromatic N) is 1. The molecular formula is C14H15FN2O2S. The number of nitrogens with one attached hydrogen (secondary N) is 1. The molecule has 0 aliphatic rings. The highest BCUT2D eigenvalue weighted by molar-refractivity contribution is 7.07. The van der Waals surface area contributed by atoms with E-state index in [1.54, 1.807) is 17.4 Å². The van der Waals surface area contributed by atoms with Crippen LogP contribution in [-0.2, 0) is 13.0 Å². The first-order chi connectivity index (χ1) is 9.58. The largest absolute Gasteiger partial charge is 0.310 e. The van der Waals surface area contributed by atoms with E-state index in [4.69, 9.17) is 0 Å². The predicted octanol–water partition coefficient (Wildman–Crippen LogP) is 3.52. The van der Waals surface area contributed by atoms with Crippen LogP contribution in [0.15, 0.2) is 35.0 Å². The third-order valence-electron chi connectivity index (χ3n) is 3.02. The van der Waals surface area contributed by atoms with Gasteiger partial charge in [-0.15, -0.1) is 0 Å². The molecule has 0 fully saturated rings. The fraction of sp³-hybridized carbons (Fsp3) is 0.286. The molecule has 0 aliphatic heterocycles. The summed E-state index contributed by atoms with van der Waals surface area (Å²) in [4.78, 5) is 9.97. The van der Waals surface area contributed by atoms with Crippen LogP contribution in [0.1, 0.15) is 18.1 Å². The third kappa shape index (κ3) is 3.61. The molecule has 1 aromatic carbocycles. The van der Waals surface area contributed by atoms with Crippen LogP contribution in [0.2, 0.25) is 0 Å². The molecule has 4 nitrogen and oxygen atoms in total. The van der Waals surface area contributed by atoms with Gasteiger partial charge in [0.05, 0.1) is 4.92 Å². The number of rotatable bonds is 6. The van der Waals surface area contributed by atoms with E-state index >= 15 is 0 Å². The van der Waals surface area contributed by atoms with Gasteiger partial charge in [-0.25, -0.2) is 0 Å². The Morgan fingerprint density at radius 1 is 1.45 bits per heavy atom. The van der Waals surface area contributed by atoms with E-state index in [1.807, 2.05) is 12.3 Å². The van der Waals surface area contributed by atoms with Crippen molar-refractivity contribution in [2.24, 2.45) is 0 Å². The van der Waals surface area contributed by atoms with Crippen molar-refractivity contribution in [1.29, 1.82) is 0 Å². The van der Waals surface area contributed by atoms with E-state index in [0.29, 0.717) is 5.56 Å². The molecule has 20 heavy (non-hydrogen) atoms. The molecular weight excluding hydrogens is 279 g/mol. The molecule has 106 valence electrons. The number of hydrogen-bond donors (Lipinski definition) is 1.